The number of nitrogens with one attached hydrogen (secondary N) is 1. The normalized spacial score (nSPS) is 13.6. The minimum atomic E-state index is -4.20. The van der Waals surface area contributed by atoms with Crippen LogP contribution in [0, 0.1) is 6.92 Å². The molecule has 1 aromatic rings. The summed E-state index contributed by atoms with van der Waals surface area (Å²) in [7, 11) is 0. The van der Waals surface area contributed by atoms with E-state index < -0.39 is 18.6 Å². The molecule has 3 nitrogen and oxygen atoms in total. The van der Waals surface area contributed by atoms with Crippen molar-refractivity contribution in [2.24, 2.45) is 0 Å². The highest BCUT2D eigenvalue weighted by Crippen LogP contribution is 2.23. The van der Waals surface area contributed by atoms with E-state index in [1.165, 1.54) is 13.1 Å². The zero-order valence-corrected chi connectivity index (χ0v) is 9.52. The van der Waals surface area contributed by atoms with Gasteiger partial charge >= 0.3 is 6.18 Å². The smallest absolute Gasteiger partial charge is 0.367 e. The number of anilines is 1. The number of rotatable bonds is 3. The lowest BCUT2D eigenvalue weighted by Crippen LogP contribution is -2.24. The summed E-state index contributed by atoms with van der Waals surface area (Å²) in [5.74, 6) is 0.330. The Morgan fingerprint density at radius 1 is 1.50 bits per heavy atom. The van der Waals surface area contributed by atoms with Crippen LogP contribution >= 0.6 is 11.6 Å². The van der Waals surface area contributed by atoms with Crippen LogP contribution in [-0.4, -0.2) is 22.2 Å². The molecule has 90 valence electrons. The Labute approximate surface area is 96.0 Å². The molecule has 1 unspecified atom stereocenters. The second kappa shape index (κ2) is 4.86. The van der Waals surface area contributed by atoms with Crippen molar-refractivity contribution in [3.63, 3.8) is 0 Å². The lowest BCUT2D eigenvalue weighted by molar-refractivity contribution is -0.136. The molecule has 0 saturated carbocycles. The van der Waals surface area contributed by atoms with Crippen LogP contribution in [0.3, 0.4) is 0 Å². The molecule has 7 heteroatoms. The summed E-state index contributed by atoms with van der Waals surface area (Å²) >= 11 is 5.55. The molecule has 0 saturated heterocycles. The molecule has 0 fully saturated rings. The molecule has 0 radical (unpaired) electrons. The molecule has 0 bridgehead atoms. The summed E-state index contributed by atoms with van der Waals surface area (Å²) in [5.41, 5.74) is 0.651. The van der Waals surface area contributed by atoms with Crippen molar-refractivity contribution in [1.82, 2.24) is 9.97 Å². The molecule has 0 aliphatic heterocycles. The summed E-state index contributed by atoms with van der Waals surface area (Å²) in [5, 5.41) is 2.66. The number of nitrogens with zero attached hydrogens (tertiary/aromatic N) is 2. The van der Waals surface area contributed by atoms with Gasteiger partial charge in [-0.25, -0.2) is 9.97 Å². The molecule has 0 amide bonds. The van der Waals surface area contributed by atoms with E-state index in [0.717, 1.165) is 0 Å². The highest BCUT2D eigenvalue weighted by molar-refractivity contribution is 6.28. The number of aromatic nitrogens is 2. The van der Waals surface area contributed by atoms with E-state index in [4.69, 9.17) is 11.6 Å². The zero-order chi connectivity index (χ0) is 12.3. The molecule has 1 heterocycles. The van der Waals surface area contributed by atoms with Crippen LogP contribution < -0.4 is 5.32 Å². The van der Waals surface area contributed by atoms with Crippen LogP contribution in [-0.2, 0) is 0 Å². The maximum Gasteiger partial charge on any atom is 0.391 e. The topological polar surface area (TPSA) is 37.8 Å². The van der Waals surface area contributed by atoms with Crippen LogP contribution in [0.2, 0.25) is 5.28 Å². The SMILES string of the molecule is Cc1cnc(Cl)nc1NC(C)CC(F)(F)F. The van der Waals surface area contributed by atoms with Gasteiger partial charge < -0.3 is 5.32 Å². The van der Waals surface area contributed by atoms with Crippen LogP contribution in [0.4, 0.5) is 19.0 Å². The van der Waals surface area contributed by atoms with Crippen LogP contribution in [0.1, 0.15) is 18.9 Å². The summed E-state index contributed by atoms with van der Waals surface area (Å²) in [6.45, 7) is 3.13. The number of hydrogen-bond donors (Lipinski definition) is 1. The van der Waals surface area contributed by atoms with Crippen molar-refractivity contribution in [3.8, 4) is 0 Å². The monoisotopic (exact) mass is 253 g/mol. The predicted molar refractivity (Wildman–Crippen MR) is 55.5 cm³/mol. The molecular weight excluding hydrogens is 243 g/mol. The Kier molecular flexibility index (Phi) is 3.96. The maximum atomic E-state index is 12.1. The van der Waals surface area contributed by atoms with Gasteiger partial charge in [0.15, 0.2) is 0 Å². The van der Waals surface area contributed by atoms with Crippen LogP contribution in [0.5, 0.6) is 0 Å². The molecule has 1 aromatic heterocycles. The second-order valence-electron chi connectivity index (χ2n) is 3.54. The van der Waals surface area contributed by atoms with E-state index >= 15 is 0 Å². The fourth-order valence-corrected chi connectivity index (χ4v) is 1.33. The molecule has 0 spiro atoms. The van der Waals surface area contributed by atoms with Gasteiger partial charge in [0.1, 0.15) is 5.82 Å². The van der Waals surface area contributed by atoms with E-state index in [9.17, 15) is 13.2 Å². The zero-order valence-electron chi connectivity index (χ0n) is 8.77. The Morgan fingerprint density at radius 3 is 2.69 bits per heavy atom. The second-order valence-corrected chi connectivity index (χ2v) is 3.87. The van der Waals surface area contributed by atoms with Crippen molar-refractivity contribution >= 4 is 17.4 Å². The van der Waals surface area contributed by atoms with E-state index in [1.54, 1.807) is 6.92 Å². The van der Waals surface area contributed by atoms with Gasteiger partial charge in [-0.2, -0.15) is 13.2 Å². The largest absolute Gasteiger partial charge is 0.391 e. The lowest BCUT2D eigenvalue weighted by Gasteiger charge is -2.17. The van der Waals surface area contributed by atoms with E-state index in [-0.39, 0.29) is 5.28 Å². The average molecular weight is 254 g/mol. The summed E-state index contributed by atoms with van der Waals surface area (Å²) in [6, 6.07) is -0.760. The van der Waals surface area contributed by atoms with Gasteiger partial charge in [0.05, 0.1) is 6.42 Å². The van der Waals surface area contributed by atoms with Gasteiger partial charge in [0, 0.05) is 17.8 Å². The molecule has 1 N–H and O–H groups in total. The number of hydrogen-bond acceptors (Lipinski definition) is 3. The maximum absolute atomic E-state index is 12.1. The Bertz CT molecular complexity index is 368. The average Bonchev–Trinajstić information content (AvgIpc) is 2.08. The third-order valence-electron chi connectivity index (χ3n) is 1.86. The fourth-order valence-electron chi connectivity index (χ4n) is 1.20. The molecule has 1 atom stereocenters. The van der Waals surface area contributed by atoms with E-state index in [1.807, 2.05) is 0 Å². The minimum Gasteiger partial charge on any atom is -0.367 e. The van der Waals surface area contributed by atoms with Crippen LogP contribution in [0.25, 0.3) is 0 Å². The van der Waals surface area contributed by atoms with Gasteiger partial charge in [-0.05, 0) is 25.4 Å². The highest BCUT2D eigenvalue weighted by atomic mass is 35.5. The van der Waals surface area contributed by atoms with Crippen molar-refractivity contribution in [1.29, 1.82) is 0 Å². The van der Waals surface area contributed by atoms with Gasteiger partial charge in [-0.3, -0.25) is 0 Å². The minimum absolute atomic E-state index is 0.00677. The Balaban J connectivity index is 2.69. The first-order valence-corrected chi connectivity index (χ1v) is 4.98. The summed E-state index contributed by atoms with van der Waals surface area (Å²) in [6.07, 6.45) is -3.66. The summed E-state index contributed by atoms with van der Waals surface area (Å²) < 4.78 is 36.3. The van der Waals surface area contributed by atoms with Crippen LogP contribution in [0.15, 0.2) is 6.20 Å². The van der Waals surface area contributed by atoms with Crippen molar-refractivity contribution in [3.05, 3.63) is 17.0 Å². The molecular formula is C9H11ClF3N3. The van der Waals surface area contributed by atoms with Gasteiger partial charge in [-0.15, -0.1) is 0 Å². The van der Waals surface area contributed by atoms with Crippen molar-refractivity contribution in [2.75, 3.05) is 5.32 Å². The Hall–Kier alpha value is -1.04. The van der Waals surface area contributed by atoms with Crippen molar-refractivity contribution in [2.45, 2.75) is 32.5 Å². The van der Waals surface area contributed by atoms with E-state index in [2.05, 4.69) is 15.3 Å². The number of aryl methyl sites for hydroxylation is 1. The fraction of sp³-hybridized carbons (Fsp3) is 0.556. The number of halogens is 4. The highest BCUT2D eigenvalue weighted by Gasteiger charge is 2.30. The van der Waals surface area contributed by atoms with Gasteiger partial charge in [0.25, 0.3) is 0 Å². The molecule has 0 aliphatic carbocycles. The first-order chi connectivity index (χ1) is 7.28. The van der Waals surface area contributed by atoms with Crippen molar-refractivity contribution < 1.29 is 13.2 Å². The third-order valence-corrected chi connectivity index (χ3v) is 2.05. The molecule has 0 aliphatic rings. The molecule has 1 rings (SSSR count). The third kappa shape index (κ3) is 4.22. The first-order valence-electron chi connectivity index (χ1n) is 4.60. The number of alkyl halides is 3. The standard InChI is InChI=1S/C9H11ClF3N3/c1-5-4-14-8(10)16-7(5)15-6(2)3-9(11,12)13/h4,6H,3H2,1-2H3,(H,14,15,16). The predicted octanol–water partition coefficient (Wildman–Crippen LogP) is 3.19. The van der Waals surface area contributed by atoms with E-state index in [0.29, 0.717) is 11.4 Å². The first kappa shape index (κ1) is 13.0. The Morgan fingerprint density at radius 2 is 2.12 bits per heavy atom. The lowest BCUT2D eigenvalue weighted by atomic mass is 10.2. The quantitative estimate of drug-likeness (QED) is 0.841. The molecule has 0 aromatic carbocycles. The molecule has 16 heavy (non-hydrogen) atoms. The summed E-state index contributed by atoms with van der Waals surface area (Å²) in [4.78, 5) is 7.53. The van der Waals surface area contributed by atoms with Gasteiger partial charge in [0.2, 0.25) is 5.28 Å². The van der Waals surface area contributed by atoms with Gasteiger partial charge in [-0.1, -0.05) is 0 Å².